The lowest BCUT2D eigenvalue weighted by Gasteiger charge is -2.22. The number of carbonyl (C=O) groups is 3. The van der Waals surface area contributed by atoms with Gasteiger partial charge in [-0.05, 0) is 76.3 Å². The molecule has 0 saturated carbocycles. The highest BCUT2D eigenvalue weighted by atomic mass is 16.5. The Morgan fingerprint density at radius 2 is 1.02 bits per heavy atom. The molecule has 0 unspecified atom stereocenters. The average molecular weight is 805 g/mol. The minimum atomic E-state index is -0.404. The van der Waals surface area contributed by atoms with Crippen molar-refractivity contribution >= 4 is 17.9 Å². The molecular weight excluding hydrogens is 717 g/mol. The normalized spacial score (nSPS) is 15.5. The molecule has 0 bridgehead atoms. The molecule has 2 atom stereocenters. The second-order valence-electron chi connectivity index (χ2n) is 16.9. The van der Waals surface area contributed by atoms with Crippen molar-refractivity contribution in [1.29, 1.82) is 0 Å². The van der Waals surface area contributed by atoms with E-state index in [0.717, 1.165) is 89.9 Å². The van der Waals surface area contributed by atoms with Crippen LogP contribution in [0.4, 0.5) is 0 Å². The Bertz CT molecular complexity index is 1010. The molecule has 1 rings (SSSR count). The molecule has 1 fully saturated rings. The number of nitrogens with zero attached hydrogens (tertiary/aromatic N) is 4. The number of hydrogen-bond donors (Lipinski definition) is 0. The van der Waals surface area contributed by atoms with Gasteiger partial charge in [0.15, 0.2) is 0 Å². The average Bonchev–Trinajstić information content (AvgIpc) is 3.61. The molecule has 0 aromatic carbocycles. The van der Waals surface area contributed by atoms with Crippen LogP contribution in [0.25, 0.3) is 10.4 Å². The summed E-state index contributed by atoms with van der Waals surface area (Å²) in [5, 5.41) is 3.89. The highest BCUT2D eigenvalue weighted by Crippen LogP contribution is 2.23. The molecule has 57 heavy (non-hydrogen) atoms. The molecule has 1 aliphatic heterocycles. The summed E-state index contributed by atoms with van der Waals surface area (Å²) < 4.78 is 17.1. The molecule has 10 heteroatoms. The topological polar surface area (TPSA) is 131 Å². The van der Waals surface area contributed by atoms with E-state index in [9.17, 15) is 14.4 Å². The minimum absolute atomic E-state index is 0.0480. The van der Waals surface area contributed by atoms with Crippen LogP contribution in [0.15, 0.2) is 5.11 Å². The molecule has 0 N–H and O–H groups in total. The standard InChI is InChI=1S/C47H88N4O6/c1-4-7-10-13-16-17-18-23-31-38-55-45(52)35-29-25-30-37-51-41-42(49-50-48)40-44(51)47(54)56-39-32-24-19-22-28-36-46(53)57-43(33-26-20-14-11-8-5-2)34-27-21-15-12-9-6-3/h42-44H,4-41H2,1-3H3/t42-,44-/m0/s1. The van der Waals surface area contributed by atoms with E-state index in [1.807, 2.05) is 0 Å². The predicted octanol–water partition coefficient (Wildman–Crippen LogP) is 13.7. The number of hydrogen-bond acceptors (Lipinski definition) is 8. The molecule has 0 aromatic heterocycles. The van der Waals surface area contributed by atoms with Crippen LogP contribution in [0.2, 0.25) is 0 Å². The zero-order valence-electron chi connectivity index (χ0n) is 37.3. The van der Waals surface area contributed by atoms with Crippen molar-refractivity contribution in [1.82, 2.24) is 4.90 Å². The van der Waals surface area contributed by atoms with Crippen molar-refractivity contribution < 1.29 is 28.6 Å². The van der Waals surface area contributed by atoms with Gasteiger partial charge < -0.3 is 14.2 Å². The zero-order chi connectivity index (χ0) is 41.4. The van der Waals surface area contributed by atoms with Gasteiger partial charge in [-0.2, -0.15) is 0 Å². The minimum Gasteiger partial charge on any atom is -0.466 e. The Morgan fingerprint density at radius 1 is 0.579 bits per heavy atom. The van der Waals surface area contributed by atoms with E-state index in [1.54, 1.807) is 0 Å². The van der Waals surface area contributed by atoms with Crippen LogP contribution in [0.3, 0.4) is 0 Å². The number of rotatable bonds is 41. The number of unbranched alkanes of at least 4 members (excludes halogenated alkanes) is 24. The summed E-state index contributed by atoms with van der Waals surface area (Å²) in [6, 6.07) is -0.643. The van der Waals surface area contributed by atoms with Crippen molar-refractivity contribution in [2.24, 2.45) is 5.11 Å². The maximum atomic E-state index is 13.1. The van der Waals surface area contributed by atoms with Gasteiger partial charge in [0.05, 0.1) is 19.3 Å². The molecule has 1 heterocycles. The lowest BCUT2D eigenvalue weighted by atomic mass is 10.0. The third-order valence-corrected chi connectivity index (χ3v) is 11.5. The number of ether oxygens (including phenoxy) is 3. The van der Waals surface area contributed by atoms with Crippen LogP contribution in [0.5, 0.6) is 0 Å². The van der Waals surface area contributed by atoms with Crippen LogP contribution in [0, 0.1) is 0 Å². The van der Waals surface area contributed by atoms with Crippen LogP contribution < -0.4 is 0 Å². The maximum Gasteiger partial charge on any atom is 0.323 e. The third kappa shape index (κ3) is 31.3. The molecule has 1 saturated heterocycles. The Kier molecular flexibility index (Phi) is 36.2. The number of carbonyl (C=O) groups excluding carboxylic acids is 3. The number of azide groups is 1. The highest BCUT2D eigenvalue weighted by Gasteiger charge is 2.37. The van der Waals surface area contributed by atoms with E-state index in [0.29, 0.717) is 45.6 Å². The summed E-state index contributed by atoms with van der Waals surface area (Å²) in [4.78, 5) is 43.0. The smallest absolute Gasteiger partial charge is 0.323 e. The lowest BCUT2D eigenvalue weighted by Crippen LogP contribution is -2.38. The highest BCUT2D eigenvalue weighted by molar-refractivity contribution is 5.76. The molecule has 0 radical (unpaired) electrons. The third-order valence-electron chi connectivity index (χ3n) is 11.5. The molecule has 0 aromatic rings. The first-order chi connectivity index (χ1) is 27.9. The Labute approximate surface area is 349 Å². The molecule has 10 nitrogen and oxygen atoms in total. The lowest BCUT2D eigenvalue weighted by molar-refractivity contribution is -0.150. The van der Waals surface area contributed by atoms with E-state index < -0.39 is 6.04 Å². The summed E-state index contributed by atoms with van der Waals surface area (Å²) in [7, 11) is 0. The van der Waals surface area contributed by atoms with Crippen LogP contribution in [0.1, 0.15) is 239 Å². The van der Waals surface area contributed by atoms with Crippen LogP contribution in [-0.2, 0) is 28.6 Å². The maximum absolute atomic E-state index is 13.1. The zero-order valence-corrected chi connectivity index (χ0v) is 37.3. The van der Waals surface area contributed by atoms with Gasteiger partial charge >= 0.3 is 17.9 Å². The van der Waals surface area contributed by atoms with Crippen molar-refractivity contribution in [3.63, 3.8) is 0 Å². The second kappa shape index (κ2) is 39.2. The second-order valence-corrected chi connectivity index (χ2v) is 16.9. The fourth-order valence-electron chi connectivity index (χ4n) is 7.94. The first-order valence-electron chi connectivity index (χ1n) is 24.2. The van der Waals surface area contributed by atoms with Gasteiger partial charge in [-0.1, -0.05) is 167 Å². The quantitative estimate of drug-likeness (QED) is 0.0150. The Hall–Kier alpha value is -2.32. The molecular formula is C47H88N4O6. The van der Waals surface area contributed by atoms with Crippen molar-refractivity contribution in [2.45, 2.75) is 257 Å². The first kappa shape index (κ1) is 52.7. The van der Waals surface area contributed by atoms with E-state index in [2.05, 4.69) is 35.7 Å². The van der Waals surface area contributed by atoms with E-state index >= 15 is 0 Å². The monoisotopic (exact) mass is 805 g/mol. The van der Waals surface area contributed by atoms with Gasteiger partial charge in [-0.25, -0.2) is 0 Å². The van der Waals surface area contributed by atoms with Gasteiger partial charge in [-0.3, -0.25) is 19.3 Å². The fraction of sp³-hybridized carbons (Fsp3) is 0.936. The Balaban J connectivity index is 2.22. The first-order valence-corrected chi connectivity index (χ1v) is 24.2. The van der Waals surface area contributed by atoms with E-state index in [4.69, 9.17) is 19.7 Å². The van der Waals surface area contributed by atoms with Crippen molar-refractivity contribution in [3.05, 3.63) is 10.4 Å². The molecule has 0 spiro atoms. The van der Waals surface area contributed by atoms with Gasteiger partial charge in [0.1, 0.15) is 12.1 Å². The van der Waals surface area contributed by atoms with Crippen LogP contribution >= 0.6 is 0 Å². The number of likely N-dealkylation sites (tertiary alicyclic amines) is 1. The van der Waals surface area contributed by atoms with Gasteiger partial charge in [0, 0.05) is 24.3 Å². The fourth-order valence-corrected chi connectivity index (χ4v) is 7.94. The summed E-state index contributed by atoms with van der Waals surface area (Å²) in [5.41, 5.74) is 9.00. The van der Waals surface area contributed by atoms with Crippen LogP contribution in [-0.4, -0.2) is 67.3 Å². The molecule has 0 aliphatic carbocycles. The Morgan fingerprint density at radius 3 is 1.54 bits per heavy atom. The SMILES string of the molecule is CCCCCCCCCCCOC(=O)CCCCCN1C[C@@H](N=[N+]=[N-])C[C@H]1C(=O)OCCCCCCCC(=O)OC(CCCCCCCC)CCCCCCCC. The van der Waals surface area contributed by atoms with Gasteiger partial charge in [-0.15, -0.1) is 0 Å². The van der Waals surface area contributed by atoms with E-state index in [-0.39, 0.29) is 30.1 Å². The largest absolute Gasteiger partial charge is 0.466 e. The summed E-state index contributed by atoms with van der Waals surface area (Å²) in [5.74, 6) is -0.414. The molecule has 332 valence electrons. The molecule has 1 aliphatic rings. The summed E-state index contributed by atoms with van der Waals surface area (Å²) in [6.07, 6.45) is 36.7. The van der Waals surface area contributed by atoms with E-state index in [1.165, 1.54) is 109 Å². The van der Waals surface area contributed by atoms with Gasteiger partial charge in [0.25, 0.3) is 0 Å². The van der Waals surface area contributed by atoms with Gasteiger partial charge in [0.2, 0.25) is 0 Å². The molecule has 0 amide bonds. The van der Waals surface area contributed by atoms with Crippen molar-refractivity contribution in [2.75, 3.05) is 26.3 Å². The summed E-state index contributed by atoms with van der Waals surface area (Å²) in [6.45, 7) is 8.87. The number of esters is 3. The summed E-state index contributed by atoms with van der Waals surface area (Å²) >= 11 is 0. The predicted molar refractivity (Wildman–Crippen MR) is 234 cm³/mol. The van der Waals surface area contributed by atoms with Crippen molar-refractivity contribution in [3.8, 4) is 0 Å².